The van der Waals surface area contributed by atoms with E-state index < -0.39 is 11.6 Å². The molecular weight excluding hydrogens is 286 g/mol. The maximum absolute atomic E-state index is 12.7. The number of benzene rings is 1. The van der Waals surface area contributed by atoms with E-state index in [1.54, 1.807) is 6.92 Å². The van der Waals surface area contributed by atoms with Crippen molar-refractivity contribution in [2.45, 2.75) is 6.92 Å². The predicted octanol–water partition coefficient (Wildman–Crippen LogP) is 1.89. The Balaban J connectivity index is 2.38. The molecule has 0 aliphatic heterocycles. The lowest BCUT2D eigenvalue weighted by Gasteiger charge is -2.21. The lowest BCUT2D eigenvalue weighted by Crippen LogP contribution is -2.22. The normalized spacial score (nSPS) is 12.7. The summed E-state index contributed by atoms with van der Waals surface area (Å²) in [5, 5.41) is 10.3. The van der Waals surface area contributed by atoms with Crippen LogP contribution in [0, 0.1) is 6.92 Å². The number of phenolic OH excluding ortho intramolecular Hbond substituents is 1. The minimum absolute atomic E-state index is 0.0314. The highest BCUT2D eigenvalue weighted by Gasteiger charge is 2.36. The second kappa shape index (κ2) is 4.84. The maximum atomic E-state index is 12.7. The van der Waals surface area contributed by atoms with Gasteiger partial charge in [0.2, 0.25) is 0 Å². The van der Waals surface area contributed by atoms with Gasteiger partial charge < -0.3 is 14.6 Å². The molecule has 6 nitrogen and oxygen atoms in total. The third-order valence-corrected chi connectivity index (χ3v) is 3.65. The van der Waals surface area contributed by atoms with Crippen LogP contribution in [0.25, 0.3) is 0 Å². The molecule has 0 saturated heterocycles. The van der Waals surface area contributed by atoms with Gasteiger partial charge in [0.05, 0.1) is 30.9 Å². The molecule has 1 aromatic carbocycles. The van der Waals surface area contributed by atoms with Gasteiger partial charge in [0, 0.05) is 23.5 Å². The second-order valence-electron chi connectivity index (χ2n) is 4.91. The molecule has 1 aromatic heterocycles. The first kappa shape index (κ1) is 14.1. The van der Waals surface area contributed by atoms with E-state index in [-0.39, 0.29) is 39.5 Å². The minimum Gasteiger partial charge on any atom is -0.504 e. The molecule has 0 unspecified atom stereocenters. The predicted molar refractivity (Wildman–Crippen MR) is 77.0 cm³/mol. The summed E-state index contributed by atoms with van der Waals surface area (Å²) in [5.41, 5.74) is 0.961. The van der Waals surface area contributed by atoms with E-state index in [4.69, 9.17) is 9.47 Å². The van der Waals surface area contributed by atoms with E-state index in [9.17, 15) is 14.7 Å². The molecule has 1 aliphatic carbocycles. The van der Waals surface area contributed by atoms with Gasteiger partial charge in [-0.05, 0) is 13.0 Å². The molecule has 0 fully saturated rings. The number of methoxy groups -OCH3 is 2. The molecular formula is C16H13NO5. The van der Waals surface area contributed by atoms with Gasteiger partial charge in [0.25, 0.3) is 0 Å². The number of ether oxygens (including phenoxy) is 2. The van der Waals surface area contributed by atoms with Gasteiger partial charge in [0.1, 0.15) is 5.75 Å². The highest BCUT2D eigenvalue weighted by Crippen LogP contribution is 2.43. The number of aromatic nitrogens is 1. The average Bonchev–Trinajstić information content (AvgIpc) is 2.52. The lowest BCUT2D eigenvalue weighted by molar-refractivity contribution is 0.0973. The number of ketones is 2. The zero-order valence-electron chi connectivity index (χ0n) is 12.3. The fraction of sp³-hybridized carbons (Fsp3) is 0.188. The van der Waals surface area contributed by atoms with Gasteiger partial charge in [0.15, 0.2) is 23.1 Å². The summed E-state index contributed by atoms with van der Waals surface area (Å²) in [6.45, 7) is 1.72. The highest BCUT2D eigenvalue weighted by molar-refractivity contribution is 6.30. The number of hydrogen-bond donors (Lipinski definition) is 1. The molecule has 1 aliphatic rings. The SMILES string of the molecule is COc1cc(OC)c2c(c1O)C(=O)c1cc(C)ncc1C2=O. The van der Waals surface area contributed by atoms with Gasteiger partial charge in [-0.1, -0.05) is 0 Å². The van der Waals surface area contributed by atoms with Crippen LogP contribution in [-0.2, 0) is 0 Å². The third-order valence-electron chi connectivity index (χ3n) is 3.65. The topological polar surface area (TPSA) is 85.7 Å². The van der Waals surface area contributed by atoms with Crippen molar-refractivity contribution in [3.05, 3.63) is 46.3 Å². The van der Waals surface area contributed by atoms with E-state index in [1.807, 2.05) is 0 Å². The Bertz CT molecular complexity index is 826. The number of rotatable bonds is 2. The number of carbonyl (C=O) groups is 2. The van der Waals surface area contributed by atoms with Crippen LogP contribution in [0.1, 0.15) is 37.5 Å². The number of hydrogen-bond acceptors (Lipinski definition) is 6. The number of fused-ring (bicyclic) bond motifs is 2. The van der Waals surface area contributed by atoms with Gasteiger partial charge in [-0.3, -0.25) is 14.6 Å². The van der Waals surface area contributed by atoms with Crippen LogP contribution in [0.5, 0.6) is 17.2 Å². The molecule has 1 heterocycles. The summed E-state index contributed by atoms with van der Waals surface area (Å²) in [5.74, 6) is -0.978. The standard InChI is InChI=1S/C16H13NO5/c1-7-4-8-9(6-17-7)15(19)12-10(21-2)5-11(22-3)16(20)13(12)14(8)18/h4-6,20H,1-3H3. The molecule has 22 heavy (non-hydrogen) atoms. The molecule has 0 spiro atoms. The highest BCUT2D eigenvalue weighted by atomic mass is 16.5. The summed E-state index contributed by atoms with van der Waals surface area (Å²) >= 11 is 0. The van der Waals surface area contributed by atoms with Crippen LogP contribution in [0.3, 0.4) is 0 Å². The van der Waals surface area contributed by atoms with Crippen molar-refractivity contribution in [2.75, 3.05) is 14.2 Å². The Morgan fingerprint density at radius 2 is 1.59 bits per heavy atom. The van der Waals surface area contributed by atoms with Crippen molar-refractivity contribution >= 4 is 11.6 Å². The molecule has 6 heteroatoms. The van der Waals surface area contributed by atoms with Gasteiger partial charge in [-0.25, -0.2) is 0 Å². The van der Waals surface area contributed by atoms with Crippen molar-refractivity contribution in [2.24, 2.45) is 0 Å². The van der Waals surface area contributed by atoms with Crippen LogP contribution in [0.15, 0.2) is 18.3 Å². The Labute approximate surface area is 126 Å². The zero-order valence-corrected chi connectivity index (χ0v) is 12.3. The van der Waals surface area contributed by atoms with E-state index >= 15 is 0 Å². The van der Waals surface area contributed by atoms with Crippen molar-refractivity contribution in [3.63, 3.8) is 0 Å². The molecule has 2 aromatic rings. The quantitative estimate of drug-likeness (QED) is 0.777. The van der Waals surface area contributed by atoms with Gasteiger partial charge >= 0.3 is 0 Å². The first-order valence-corrected chi connectivity index (χ1v) is 6.53. The van der Waals surface area contributed by atoms with Gasteiger partial charge in [-0.2, -0.15) is 0 Å². The van der Waals surface area contributed by atoms with Crippen molar-refractivity contribution < 1.29 is 24.2 Å². The Hall–Kier alpha value is -2.89. The molecule has 112 valence electrons. The van der Waals surface area contributed by atoms with Crippen LogP contribution >= 0.6 is 0 Å². The van der Waals surface area contributed by atoms with E-state index in [0.29, 0.717) is 5.69 Å². The summed E-state index contributed by atoms with van der Waals surface area (Å²) in [6.07, 6.45) is 1.37. The number of phenols is 1. The minimum atomic E-state index is -0.454. The second-order valence-corrected chi connectivity index (χ2v) is 4.91. The van der Waals surface area contributed by atoms with Gasteiger partial charge in [-0.15, -0.1) is 0 Å². The monoisotopic (exact) mass is 299 g/mol. The van der Waals surface area contributed by atoms with E-state index in [2.05, 4.69) is 4.98 Å². The largest absolute Gasteiger partial charge is 0.504 e. The van der Waals surface area contributed by atoms with Crippen molar-refractivity contribution in [3.8, 4) is 17.2 Å². The Morgan fingerprint density at radius 3 is 2.23 bits per heavy atom. The molecule has 0 atom stereocenters. The summed E-state index contributed by atoms with van der Waals surface area (Å²) in [4.78, 5) is 29.4. The number of pyridine rings is 1. The maximum Gasteiger partial charge on any atom is 0.199 e. The van der Waals surface area contributed by atoms with E-state index in [0.717, 1.165) is 0 Å². The smallest absolute Gasteiger partial charge is 0.199 e. The average molecular weight is 299 g/mol. The van der Waals surface area contributed by atoms with Crippen LogP contribution < -0.4 is 9.47 Å². The lowest BCUT2D eigenvalue weighted by atomic mass is 9.83. The molecule has 1 N–H and O–H groups in total. The fourth-order valence-electron chi connectivity index (χ4n) is 2.59. The Morgan fingerprint density at radius 1 is 0.955 bits per heavy atom. The summed E-state index contributed by atoms with van der Waals surface area (Å²) < 4.78 is 10.2. The molecule has 0 saturated carbocycles. The molecule has 0 amide bonds. The molecule has 0 radical (unpaired) electrons. The third kappa shape index (κ3) is 1.77. The van der Waals surface area contributed by atoms with E-state index in [1.165, 1.54) is 32.5 Å². The van der Waals surface area contributed by atoms with Crippen molar-refractivity contribution in [1.82, 2.24) is 4.98 Å². The number of nitrogens with zero attached hydrogens (tertiary/aromatic N) is 1. The summed E-state index contributed by atoms with van der Waals surface area (Å²) in [6, 6.07) is 2.91. The fourth-order valence-corrected chi connectivity index (χ4v) is 2.59. The molecule has 3 rings (SSSR count). The first-order chi connectivity index (χ1) is 10.5. The summed E-state index contributed by atoms with van der Waals surface area (Å²) in [7, 11) is 2.74. The van der Waals surface area contributed by atoms with Crippen LogP contribution in [0.4, 0.5) is 0 Å². The number of aromatic hydroxyl groups is 1. The molecule has 0 bridgehead atoms. The zero-order chi connectivity index (χ0) is 16.0. The van der Waals surface area contributed by atoms with Crippen molar-refractivity contribution in [1.29, 1.82) is 0 Å². The Kier molecular flexibility index (Phi) is 3.09. The van der Waals surface area contributed by atoms with Crippen LogP contribution in [0.2, 0.25) is 0 Å². The number of carbonyl (C=O) groups excluding carboxylic acids is 2. The first-order valence-electron chi connectivity index (χ1n) is 6.53. The van der Waals surface area contributed by atoms with Crippen LogP contribution in [-0.4, -0.2) is 35.9 Å². The number of aryl methyl sites for hydroxylation is 1.